The molecule has 0 spiro atoms. The molecule has 1 aliphatic rings. The second-order valence-corrected chi connectivity index (χ2v) is 10.4. The van der Waals surface area contributed by atoms with Gasteiger partial charge in [-0.1, -0.05) is 29.3 Å². The molecule has 2 heterocycles. The van der Waals surface area contributed by atoms with E-state index >= 15 is 0 Å². The van der Waals surface area contributed by atoms with Crippen molar-refractivity contribution >= 4 is 35.0 Å². The third kappa shape index (κ3) is 6.65. The highest BCUT2D eigenvalue weighted by Crippen LogP contribution is 2.38. The van der Waals surface area contributed by atoms with Crippen LogP contribution in [0.25, 0.3) is 0 Å². The molecule has 1 fully saturated rings. The number of halogens is 8. The molecule has 3 aromatic rings. The fourth-order valence-electron chi connectivity index (χ4n) is 4.85. The van der Waals surface area contributed by atoms with Crippen molar-refractivity contribution < 1.29 is 35.9 Å². The Morgan fingerprint density at radius 2 is 1.52 bits per heavy atom. The Balaban J connectivity index is 1.72. The molecule has 0 bridgehead atoms. The van der Waals surface area contributed by atoms with Gasteiger partial charge in [0.05, 0.1) is 21.2 Å². The lowest BCUT2D eigenvalue weighted by Crippen LogP contribution is -2.52. The number of benzene rings is 2. The van der Waals surface area contributed by atoms with E-state index < -0.39 is 64.1 Å². The van der Waals surface area contributed by atoms with Crippen molar-refractivity contribution in [2.75, 3.05) is 20.1 Å². The van der Waals surface area contributed by atoms with Gasteiger partial charge >= 0.3 is 18.0 Å². The van der Waals surface area contributed by atoms with Crippen LogP contribution in [0.15, 0.2) is 52.1 Å². The summed E-state index contributed by atoms with van der Waals surface area (Å²) in [4.78, 5) is 56.5. The molecule has 2 atom stereocenters. The Hall–Kier alpha value is -3.78. The van der Waals surface area contributed by atoms with Crippen molar-refractivity contribution in [1.29, 1.82) is 0 Å². The minimum atomic E-state index is -5.15. The van der Waals surface area contributed by atoms with Crippen LogP contribution in [-0.2, 0) is 12.4 Å². The fraction of sp³-hybridized carbons (Fsp3) is 0.308. The number of piperidine rings is 1. The molecule has 4 rings (SSSR count). The average molecular weight is 637 g/mol. The molecule has 224 valence electrons. The van der Waals surface area contributed by atoms with Crippen molar-refractivity contribution in [3.63, 3.8) is 0 Å². The summed E-state index contributed by atoms with van der Waals surface area (Å²) >= 11 is 12.2. The SMILES string of the molecule is CN(C(=O)c1cc(C(F)(F)F)cc(C(F)(F)F)c1)[C@@H]1CCN(C(=O)c2cc(=O)[nH]c(=O)[nH]2)C[C@H]1c1ccc(Cl)c(Cl)c1. The molecule has 8 nitrogen and oxygen atoms in total. The molecule has 2 aromatic carbocycles. The molecule has 0 saturated carbocycles. The fourth-order valence-corrected chi connectivity index (χ4v) is 5.15. The van der Waals surface area contributed by atoms with Crippen LogP contribution in [0.5, 0.6) is 0 Å². The topological polar surface area (TPSA) is 106 Å². The number of carbonyl (C=O) groups is 2. The Kier molecular flexibility index (Phi) is 8.52. The molecule has 0 aliphatic carbocycles. The van der Waals surface area contributed by atoms with Crippen molar-refractivity contribution in [1.82, 2.24) is 19.8 Å². The Morgan fingerprint density at radius 3 is 2.07 bits per heavy atom. The zero-order chi connectivity index (χ0) is 31.1. The standard InChI is InChI=1S/C26H20Cl2F6N4O4/c1-37(22(40)13-6-14(25(29,30)31)9-15(7-13)26(32,33)34)20-4-5-38(23(41)19-10-21(39)36-24(42)35-19)11-16(20)12-2-3-17(27)18(28)8-12/h2-3,6-10,16,20H,4-5,11H2,1H3,(H2,35,36,39,42)/t16-,20+/m0/s1. The number of H-pyrrole nitrogens is 2. The van der Waals surface area contributed by atoms with Gasteiger partial charge in [0, 0.05) is 43.7 Å². The van der Waals surface area contributed by atoms with Gasteiger partial charge in [-0.05, 0) is 42.3 Å². The van der Waals surface area contributed by atoms with Crippen LogP contribution in [0.4, 0.5) is 26.3 Å². The monoisotopic (exact) mass is 636 g/mol. The summed E-state index contributed by atoms with van der Waals surface area (Å²) in [5.74, 6) is -2.59. The summed E-state index contributed by atoms with van der Waals surface area (Å²) < 4.78 is 80.5. The third-order valence-corrected chi connectivity index (χ3v) is 7.62. The number of aromatic amines is 2. The number of rotatable bonds is 4. The predicted molar refractivity (Wildman–Crippen MR) is 140 cm³/mol. The molecule has 16 heteroatoms. The molecule has 1 saturated heterocycles. The van der Waals surface area contributed by atoms with E-state index in [0.717, 1.165) is 11.0 Å². The number of aromatic nitrogens is 2. The van der Waals surface area contributed by atoms with Crippen LogP contribution in [-0.4, -0.2) is 57.8 Å². The summed E-state index contributed by atoms with van der Waals surface area (Å²) in [5, 5.41) is 0.312. The van der Waals surface area contributed by atoms with Gasteiger partial charge in [-0.15, -0.1) is 0 Å². The number of alkyl halides is 6. The summed E-state index contributed by atoms with van der Waals surface area (Å²) in [6, 6.07) is 5.17. The van der Waals surface area contributed by atoms with Gasteiger partial charge in [0.2, 0.25) is 0 Å². The molecule has 0 radical (unpaired) electrons. The second kappa shape index (κ2) is 11.5. The largest absolute Gasteiger partial charge is 0.416 e. The number of likely N-dealkylation sites (tertiary alicyclic amines) is 1. The first-order valence-corrected chi connectivity index (χ1v) is 12.9. The van der Waals surface area contributed by atoms with Gasteiger partial charge < -0.3 is 14.8 Å². The molecule has 2 amide bonds. The summed E-state index contributed by atoms with van der Waals surface area (Å²) in [5.41, 5.74) is -5.67. The number of likely N-dealkylation sites (N-methyl/N-ethyl adjacent to an activating group) is 1. The first kappa shape index (κ1) is 31.2. The average Bonchev–Trinajstić information content (AvgIpc) is 2.91. The minimum Gasteiger partial charge on any atom is -0.338 e. The van der Waals surface area contributed by atoms with Crippen LogP contribution in [0, 0.1) is 0 Å². The molecule has 1 aromatic heterocycles. The smallest absolute Gasteiger partial charge is 0.338 e. The van der Waals surface area contributed by atoms with Gasteiger partial charge in [0.15, 0.2) is 0 Å². The maximum absolute atomic E-state index is 13.4. The van der Waals surface area contributed by atoms with Gasteiger partial charge in [0.25, 0.3) is 17.4 Å². The zero-order valence-electron chi connectivity index (χ0n) is 21.4. The van der Waals surface area contributed by atoms with E-state index in [-0.39, 0.29) is 41.3 Å². The Labute approximate surface area is 242 Å². The molecular formula is C26H20Cl2F6N4O4. The normalized spacial score (nSPS) is 17.7. The van der Waals surface area contributed by atoms with Crippen LogP contribution in [0.1, 0.15) is 49.9 Å². The van der Waals surface area contributed by atoms with E-state index in [1.807, 2.05) is 4.98 Å². The number of amides is 2. The summed E-state index contributed by atoms with van der Waals surface area (Å²) in [7, 11) is 1.23. The maximum Gasteiger partial charge on any atom is 0.416 e. The predicted octanol–water partition coefficient (Wildman–Crippen LogP) is 5.18. The van der Waals surface area contributed by atoms with E-state index in [9.17, 15) is 45.5 Å². The van der Waals surface area contributed by atoms with Gasteiger partial charge in [-0.3, -0.25) is 19.4 Å². The molecule has 1 aliphatic heterocycles. The van der Waals surface area contributed by atoms with Crippen LogP contribution < -0.4 is 11.2 Å². The Bertz CT molecular complexity index is 1590. The van der Waals surface area contributed by atoms with E-state index in [4.69, 9.17) is 23.2 Å². The van der Waals surface area contributed by atoms with E-state index in [2.05, 4.69) is 4.98 Å². The van der Waals surface area contributed by atoms with Crippen molar-refractivity contribution in [3.05, 3.63) is 101 Å². The van der Waals surface area contributed by atoms with Crippen molar-refractivity contribution in [2.45, 2.75) is 30.7 Å². The first-order valence-electron chi connectivity index (χ1n) is 12.1. The van der Waals surface area contributed by atoms with Crippen molar-refractivity contribution in [3.8, 4) is 0 Å². The van der Waals surface area contributed by atoms with E-state index in [1.165, 1.54) is 24.1 Å². The molecular weight excluding hydrogens is 617 g/mol. The number of carbonyl (C=O) groups excluding carboxylic acids is 2. The number of hydrogen-bond acceptors (Lipinski definition) is 4. The highest BCUT2D eigenvalue weighted by molar-refractivity contribution is 6.42. The number of nitrogens with one attached hydrogen (secondary N) is 2. The quantitative estimate of drug-likeness (QED) is 0.385. The molecule has 0 unspecified atom stereocenters. The van der Waals surface area contributed by atoms with Crippen LogP contribution in [0.3, 0.4) is 0 Å². The third-order valence-electron chi connectivity index (χ3n) is 6.88. The van der Waals surface area contributed by atoms with Crippen LogP contribution >= 0.6 is 23.2 Å². The lowest BCUT2D eigenvalue weighted by atomic mass is 9.84. The first-order chi connectivity index (χ1) is 19.5. The highest BCUT2D eigenvalue weighted by Gasteiger charge is 2.40. The van der Waals surface area contributed by atoms with Gasteiger partial charge in [0.1, 0.15) is 5.69 Å². The maximum atomic E-state index is 13.4. The van der Waals surface area contributed by atoms with Gasteiger partial charge in [-0.25, -0.2) is 4.79 Å². The lowest BCUT2D eigenvalue weighted by molar-refractivity contribution is -0.143. The van der Waals surface area contributed by atoms with Crippen molar-refractivity contribution in [2.24, 2.45) is 0 Å². The highest BCUT2D eigenvalue weighted by atomic mass is 35.5. The minimum absolute atomic E-state index is 0.0252. The zero-order valence-corrected chi connectivity index (χ0v) is 22.9. The van der Waals surface area contributed by atoms with Crippen LogP contribution in [0.2, 0.25) is 10.0 Å². The second-order valence-electron chi connectivity index (χ2n) is 9.60. The molecule has 42 heavy (non-hydrogen) atoms. The molecule has 2 N–H and O–H groups in total. The van der Waals surface area contributed by atoms with Gasteiger partial charge in [-0.2, -0.15) is 26.3 Å². The Morgan fingerprint density at radius 1 is 0.905 bits per heavy atom. The van der Waals surface area contributed by atoms with E-state index in [0.29, 0.717) is 17.7 Å². The summed E-state index contributed by atoms with van der Waals surface area (Å²) in [6.45, 7) is -0.158. The van der Waals surface area contributed by atoms with E-state index in [1.54, 1.807) is 6.07 Å². The number of nitrogens with zero attached hydrogens (tertiary/aromatic N) is 2. The lowest BCUT2D eigenvalue weighted by Gasteiger charge is -2.43. The summed E-state index contributed by atoms with van der Waals surface area (Å²) in [6.07, 6.45) is -10.3. The number of hydrogen-bond donors (Lipinski definition) is 2.